The van der Waals surface area contributed by atoms with Crippen molar-refractivity contribution in [2.45, 2.75) is 18.9 Å². The van der Waals surface area contributed by atoms with Crippen LogP contribution in [0.15, 0.2) is 6.07 Å². The number of nitrogens with zero attached hydrogens (tertiary/aromatic N) is 1. The fraction of sp³-hybridized carbons (Fsp3) is 0.462. The van der Waals surface area contributed by atoms with Crippen molar-refractivity contribution in [1.29, 1.82) is 0 Å². The van der Waals surface area contributed by atoms with Gasteiger partial charge in [0.2, 0.25) is 5.82 Å². The van der Waals surface area contributed by atoms with Crippen LogP contribution in [0.3, 0.4) is 0 Å². The third-order valence-electron chi connectivity index (χ3n) is 3.48. The zero-order valence-corrected chi connectivity index (χ0v) is 10.9. The number of benzene rings is 1. The molecular weight excluding hydrogens is 273 g/mol. The second-order valence-electron chi connectivity index (χ2n) is 4.76. The van der Waals surface area contributed by atoms with E-state index in [-0.39, 0.29) is 6.04 Å². The first-order chi connectivity index (χ1) is 9.45. The van der Waals surface area contributed by atoms with Crippen LogP contribution in [-0.4, -0.2) is 42.1 Å². The van der Waals surface area contributed by atoms with Crippen molar-refractivity contribution >= 4 is 5.91 Å². The number of hydrogen-bond donors (Lipinski definition) is 2. The number of carbonyl (C=O) groups excluding carboxylic acids is 1. The SMILES string of the molecule is CNC1CCCN(C(=O)c2cc(F)c(F)c(O)c2F)C1. The first-order valence-electron chi connectivity index (χ1n) is 6.28. The second kappa shape index (κ2) is 5.70. The average Bonchev–Trinajstić information content (AvgIpc) is 2.48. The molecule has 0 spiro atoms. The summed E-state index contributed by atoms with van der Waals surface area (Å²) in [5.74, 6) is -6.78. The van der Waals surface area contributed by atoms with Gasteiger partial charge in [0, 0.05) is 19.1 Å². The minimum absolute atomic E-state index is 0.0784. The third-order valence-corrected chi connectivity index (χ3v) is 3.48. The molecule has 2 rings (SSSR count). The number of piperidine rings is 1. The summed E-state index contributed by atoms with van der Waals surface area (Å²) in [6.45, 7) is 0.769. The van der Waals surface area contributed by atoms with Gasteiger partial charge in [-0.1, -0.05) is 0 Å². The highest BCUT2D eigenvalue weighted by molar-refractivity contribution is 5.95. The van der Waals surface area contributed by atoms with E-state index in [1.165, 1.54) is 4.90 Å². The molecule has 4 nitrogen and oxygen atoms in total. The zero-order chi connectivity index (χ0) is 14.9. The summed E-state index contributed by atoms with van der Waals surface area (Å²) in [5, 5.41) is 12.2. The van der Waals surface area contributed by atoms with Crippen molar-refractivity contribution < 1.29 is 23.1 Å². The Morgan fingerprint density at radius 3 is 2.75 bits per heavy atom. The summed E-state index contributed by atoms with van der Waals surface area (Å²) in [6, 6.07) is 0.560. The standard InChI is InChI=1S/C13H15F3N2O2/c1-17-7-3-2-4-18(6-7)13(20)8-5-9(14)11(16)12(19)10(8)15/h5,7,17,19H,2-4,6H2,1H3. The molecule has 1 aliphatic heterocycles. The van der Waals surface area contributed by atoms with Gasteiger partial charge in [-0.15, -0.1) is 0 Å². The predicted molar refractivity (Wildman–Crippen MR) is 66.0 cm³/mol. The topological polar surface area (TPSA) is 52.6 Å². The van der Waals surface area contributed by atoms with E-state index in [0.717, 1.165) is 12.8 Å². The molecule has 1 fully saturated rings. The number of amides is 1. The van der Waals surface area contributed by atoms with E-state index >= 15 is 0 Å². The normalized spacial score (nSPS) is 19.2. The van der Waals surface area contributed by atoms with Gasteiger partial charge >= 0.3 is 0 Å². The quantitative estimate of drug-likeness (QED) is 0.813. The van der Waals surface area contributed by atoms with E-state index in [1.54, 1.807) is 7.05 Å². The van der Waals surface area contributed by atoms with Crippen LogP contribution in [0.25, 0.3) is 0 Å². The average molecular weight is 288 g/mol. The monoisotopic (exact) mass is 288 g/mol. The fourth-order valence-electron chi connectivity index (χ4n) is 2.31. The van der Waals surface area contributed by atoms with Gasteiger partial charge in [0.15, 0.2) is 17.4 Å². The zero-order valence-electron chi connectivity index (χ0n) is 10.9. The summed E-state index contributed by atoms with van der Waals surface area (Å²) in [4.78, 5) is 13.5. The number of rotatable bonds is 2. The molecule has 1 aromatic rings. The van der Waals surface area contributed by atoms with Crippen molar-refractivity contribution in [3.63, 3.8) is 0 Å². The van der Waals surface area contributed by atoms with Crippen molar-refractivity contribution in [3.05, 3.63) is 29.1 Å². The Bertz CT molecular complexity index is 537. The molecule has 1 saturated heterocycles. The molecule has 0 radical (unpaired) electrons. The fourth-order valence-corrected chi connectivity index (χ4v) is 2.31. The van der Waals surface area contributed by atoms with Crippen LogP contribution in [-0.2, 0) is 0 Å². The smallest absolute Gasteiger partial charge is 0.257 e. The van der Waals surface area contributed by atoms with Crippen molar-refractivity contribution in [2.75, 3.05) is 20.1 Å². The first-order valence-corrected chi connectivity index (χ1v) is 6.28. The lowest BCUT2D eigenvalue weighted by atomic mass is 10.0. The molecule has 0 saturated carbocycles. The number of nitrogens with one attached hydrogen (secondary N) is 1. The molecular formula is C13H15F3N2O2. The van der Waals surface area contributed by atoms with E-state index in [4.69, 9.17) is 5.11 Å². The molecule has 0 aromatic heterocycles. The third kappa shape index (κ3) is 2.58. The Morgan fingerprint density at radius 1 is 1.40 bits per heavy atom. The number of carbonyl (C=O) groups is 1. The molecule has 0 bridgehead atoms. The molecule has 1 unspecified atom stereocenters. The predicted octanol–water partition coefficient (Wildman–Crippen LogP) is 1.63. The maximum Gasteiger partial charge on any atom is 0.257 e. The first kappa shape index (κ1) is 14.6. The minimum atomic E-state index is -1.69. The van der Waals surface area contributed by atoms with Crippen molar-refractivity contribution in [3.8, 4) is 5.75 Å². The maximum absolute atomic E-state index is 13.7. The Balaban J connectivity index is 2.29. The molecule has 1 heterocycles. The number of halogens is 3. The van der Waals surface area contributed by atoms with E-state index in [1.807, 2.05) is 0 Å². The molecule has 1 aromatic carbocycles. The number of likely N-dealkylation sites (tertiary alicyclic amines) is 1. The number of hydrogen-bond acceptors (Lipinski definition) is 3. The van der Waals surface area contributed by atoms with Gasteiger partial charge in [-0.2, -0.15) is 4.39 Å². The number of phenols is 1. The molecule has 7 heteroatoms. The summed E-state index contributed by atoms with van der Waals surface area (Å²) >= 11 is 0. The van der Waals surface area contributed by atoms with E-state index in [9.17, 15) is 18.0 Å². The molecule has 0 aliphatic carbocycles. The Kier molecular flexibility index (Phi) is 4.17. The van der Waals surface area contributed by atoms with E-state index in [2.05, 4.69) is 5.32 Å². The lowest BCUT2D eigenvalue weighted by molar-refractivity contribution is 0.0691. The van der Waals surface area contributed by atoms with Crippen LogP contribution in [0.4, 0.5) is 13.2 Å². The Hall–Kier alpha value is -1.76. The van der Waals surface area contributed by atoms with Crippen LogP contribution in [0.5, 0.6) is 5.75 Å². The highest BCUT2D eigenvalue weighted by Gasteiger charge is 2.28. The van der Waals surface area contributed by atoms with Gasteiger partial charge in [0.1, 0.15) is 0 Å². The maximum atomic E-state index is 13.7. The molecule has 1 aliphatic rings. The summed E-state index contributed by atoms with van der Waals surface area (Å²) in [6.07, 6.45) is 1.61. The van der Waals surface area contributed by atoms with E-state index in [0.29, 0.717) is 19.2 Å². The van der Waals surface area contributed by atoms with Crippen LogP contribution in [0.2, 0.25) is 0 Å². The van der Waals surface area contributed by atoms with Gasteiger partial charge in [0.25, 0.3) is 5.91 Å². The van der Waals surface area contributed by atoms with Gasteiger partial charge in [-0.25, -0.2) is 8.78 Å². The molecule has 1 atom stereocenters. The lowest BCUT2D eigenvalue weighted by Crippen LogP contribution is -2.47. The summed E-state index contributed by atoms with van der Waals surface area (Å²) in [5.41, 5.74) is -0.654. The Labute approximate surface area is 114 Å². The summed E-state index contributed by atoms with van der Waals surface area (Å²) in [7, 11) is 1.75. The molecule has 2 N–H and O–H groups in total. The second-order valence-corrected chi connectivity index (χ2v) is 4.76. The van der Waals surface area contributed by atoms with Gasteiger partial charge in [-0.05, 0) is 26.0 Å². The van der Waals surface area contributed by atoms with Crippen molar-refractivity contribution in [2.24, 2.45) is 0 Å². The van der Waals surface area contributed by atoms with Crippen LogP contribution < -0.4 is 5.32 Å². The largest absolute Gasteiger partial charge is 0.503 e. The molecule has 110 valence electrons. The molecule has 1 amide bonds. The van der Waals surface area contributed by atoms with Crippen molar-refractivity contribution in [1.82, 2.24) is 10.2 Å². The van der Waals surface area contributed by atoms with Crippen LogP contribution in [0, 0.1) is 17.5 Å². The van der Waals surface area contributed by atoms with Gasteiger partial charge < -0.3 is 15.3 Å². The minimum Gasteiger partial charge on any atom is -0.503 e. The van der Waals surface area contributed by atoms with Crippen LogP contribution >= 0.6 is 0 Å². The number of aromatic hydroxyl groups is 1. The van der Waals surface area contributed by atoms with Gasteiger partial charge in [-0.3, -0.25) is 4.79 Å². The van der Waals surface area contributed by atoms with Crippen LogP contribution in [0.1, 0.15) is 23.2 Å². The van der Waals surface area contributed by atoms with Gasteiger partial charge in [0.05, 0.1) is 5.56 Å². The number of likely N-dealkylation sites (N-methyl/N-ethyl adjacent to an activating group) is 1. The lowest BCUT2D eigenvalue weighted by Gasteiger charge is -2.32. The Morgan fingerprint density at radius 2 is 2.10 bits per heavy atom. The highest BCUT2D eigenvalue weighted by atomic mass is 19.2. The van der Waals surface area contributed by atoms with E-state index < -0.39 is 34.7 Å². The summed E-state index contributed by atoms with van der Waals surface area (Å²) < 4.78 is 39.9. The highest BCUT2D eigenvalue weighted by Crippen LogP contribution is 2.27. The molecule has 20 heavy (non-hydrogen) atoms. The number of phenolic OH excluding ortho intramolecular Hbond substituents is 1.